The number of hydrogen-bond acceptors (Lipinski definition) is 3. The summed E-state index contributed by atoms with van der Waals surface area (Å²) in [5.41, 5.74) is 2.01. The smallest absolute Gasteiger partial charge is 0.387 e. The van der Waals surface area contributed by atoms with Crippen LogP contribution in [0.15, 0.2) is 30.3 Å². The van der Waals surface area contributed by atoms with E-state index in [2.05, 4.69) is 10.1 Å². The highest BCUT2D eigenvalue weighted by Crippen LogP contribution is 2.30. The average molecular weight is 351 g/mol. The number of rotatable bonds is 5. The van der Waals surface area contributed by atoms with Crippen LogP contribution >= 0.6 is 11.3 Å². The van der Waals surface area contributed by atoms with Gasteiger partial charge in [-0.15, -0.1) is 11.3 Å². The van der Waals surface area contributed by atoms with E-state index in [4.69, 9.17) is 0 Å². The summed E-state index contributed by atoms with van der Waals surface area (Å²) in [7, 11) is 0. The number of alkyl halides is 2. The van der Waals surface area contributed by atoms with Gasteiger partial charge in [-0.1, -0.05) is 12.1 Å². The fourth-order valence-electron chi connectivity index (χ4n) is 2.91. The minimum absolute atomic E-state index is 0.0928. The zero-order chi connectivity index (χ0) is 17.1. The van der Waals surface area contributed by atoms with E-state index in [1.165, 1.54) is 35.4 Å². The van der Waals surface area contributed by atoms with Gasteiger partial charge in [0.1, 0.15) is 5.75 Å². The van der Waals surface area contributed by atoms with E-state index in [0.717, 1.165) is 18.4 Å². The molecule has 3 rings (SSSR count). The van der Waals surface area contributed by atoms with Gasteiger partial charge < -0.3 is 10.1 Å². The van der Waals surface area contributed by atoms with E-state index in [1.807, 2.05) is 13.0 Å². The number of aryl methyl sites for hydroxylation is 2. The van der Waals surface area contributed by atoms with Crippen molar-refractivity contribution in [2.75, 3.05) is 0 Å². The van der Waals surface area contributed by atoms with Crippen LogP contribution in [0.5, 0.6) is 5.75 Å². The Bertz CT molecular complexity index is 706. The van der Waals surface area contributed by atoms with Crippen molar-refractivity contribution in [2.45, 2.75) is 45.3 Å². The third-order valence-electron chi connectivity index (χ3n) is 4.15. The Morgan fingerprint density at radius 1 is 1.25 bits per heavy atom. The molecule has 128 valence electrons. The molecule has 0 saturated carbocycles. The number of halogens is 2. The van der Waals surface area contributed by atoms with Crippen LogP contribution in [0.2, 0.25) is 0 Å². The molecule has 1 amide bonds. The number of carbonyl (C=O) groups excluding carboxylic acids is 1. The Balaban J connectivity index is 1.68. The Hall–Kier alpha value is -1.95. The second kappa shape index (κ2) is 7.30. The lowest BCUT2D eigenvalue weighted by Crippen LogP contribution is -2.25. The number of thiophene rings is 1. The van der Waals surface area contributed by atoms with Crippen molar-refractivity contribution in [3.63, 3.8) is 0 Å². The Labute approximate surface area is 143 Å². The van der Waals surface area contributed by atoms with E-state index in [-0.39, 0.29) is 17.7 Å². The Morgan fingerprint density at radius 2 is 2.04 bits per heavy atom. The molecule has 0 aliphatic heterocycles. The molecule has 0 radical (unpaired) electrons. The second-order valence-corrected chi connectivity index (χ2v) is 7.05. The van der Waals surface area contributed by atoms with Crippen LogP contribution in [-0.4, -0.2) is 12.5 Å². The van der Waals surface area contributed by atoms with Gasteiger partial charge in [-0.05, 0) is 61.9 Å². The lowest BCUT2D eigenvalue weighted by atomic mass is 9.99. The molecule has 24 heavy (non-hydrogen) atoms. The summed E-state index contributed by atoms with van der Waals surface area (Å²) in [5.74, 6) is -0.0303. The summed E-state index contributed by atoms with van der Waals surface area (Å²) in [6.45, 7) is -1.03. The highest BCUT2D eigenvalue weighted by molar-refractivity contribution is 7.14. The number of benzene rings is 1. The van der Waals surface area contributed by atoms with Crippen LogP contribution in [0.1, 0.15) is 51.5 Å². The molecule has 1 heterocycles. The van der Waals surface area contributed by atoms with Crippen molar-refractivity contribution in [3.8, 4) is 5.75 Å². The van der Waals surface area contributed by atoms with Gasteiger partial charge in [-0.25, -0.2) is 0 Å². The van der Waals surface area contributed by atoms with Crippen molar-refractivity contribution in [2.24, 2.45) is 0 Å². The predicted molar refractivity (Wildman–Crippen MR) is 89.9 cm³/mol. The van der Waals surface area contributed by atoms with E-state index < -0.39 is 6.61 Å². The molecular weight excluding hydrogens is 332 g/mol. The average Bonchev–Trinajstić information content (AvgIpc) is 2.98. The molecule has 1 aliphatic carbocycles. The maximum Gasteiger partial charge on any atom is 0.387 e. The van der Waals surface area contributed by atoms with Crippen molar-refractivity contribution in [1.82, 2.24) is 5.32 Å². The maximum atomic E-state index is 12.5. The van der Waals surface area contributed by atoms with E-state index in [9.17, 15) is 13.6 Å². The summed E-state index contributed by atoms with van der Waals surface area (Å²) in [6.07, 6.45) is 4.46. The quantitative estimate of drug-likeness (QED) is 0.846. The lowest BCUT2D eigenvalue weighted by Gasteiger charge is -2.15. The zero-order valence-electron chi connectivity index (χ0n) is 13.4. The van der Waals surface area contributed by atoms with Crippen LogP contribution < -0.4 is 10.1 Å². The molecule has 6 heteroatoms. The molecule has 0 fully saturated rings. The maximum absolute atomic E-state index is 12.5. The third-order valence-corrected chi connectivity index (χ3v) is 5.39. The predicted octanol–water partition coefficient (Wildman–Crippen LogP) is 4.72. The van der Waals surface area contributed by atoms with Crippen LogP contribution in [-0.2, 0) is 12.8 Å². The molecule has 0 bridgehead atoms. The molecule has 1 aliphatic rings. The minimum Gasteiger partial charge on any atom is -0.435 e. The molecule has 1 aromatic carbocycles. The van der Waals surface area contributed by atoms with Crippen LogP contribution in [0.25, 0.3) is 0 Å². The molecular formula is C18H19F2NO2S. The van der Waals surface area contributed by atoms with Crippen molar-refractivity contribution in [3.05, 3.63) is 51.2 Å². The molecule has 1 atom stereocenters. The highest BCUT2D eigenvalue weighted by atomic mass is 32.1. The van der Waals surface area contributed by atoms with Gasteiger partial charge in [-0.3, -0.25) is 4.79 Å². The van der Waals surface area contributed by atoms with Gasteiger partial charge in [-0.2, -0.15) is 8.78 Å². The Kier molecular flexibility index (Phi) is 5.14. The number of nitrogens with one attached hydrogen (secondary N) is 1. The fraction of sp³-hybridized carbons (Fsp3) is 0.389. The third kappa shape index (κ3) is 3.93. The highest BCUT2D eigenvalue weighted by Gasteiger charge is 2.19. The molecule has 1 N–H and O–H groups in total. The van der Waals surface area contributed by atoms with Crippen LogP contribution in [0.3, 0.4) is 0 Å². The summed E-state index contributed by atoms with van der Waals surface area (Å²) in [4.78, 5) is 14.5. The topological polar surface area (TPSA) is 38.3 Å². The first-order chi connectivity index (χ1) is 11.5. The van der Waals surface area contributed by atoms with Gasteiger partial charge >= 0.3 is 6.61 Å². The van der Waals surface area contributed by atoms with E-state index >= 15 is 0 Å². The number of ether oxygens (including phenoxy) is 1. The number of carbonyl (C=O) groups is 1. The first kappa shape index (κ1) is 16.9. The van der Waals surface area contributed by atoms with Gasteiger partial charge in [0.05, 0.1) is 10.9 Å². The van der Waals surface area contributed by atoms with Gasteiger partial charge in [0.2, 0.25) is 0 Å². The molecule has 0 spiro atoms. The van der Waals surface area contributed by atoms with Crippen LogP contribution in [0, 0.1) is 0 Å². The number of amides is 1. The zero-order valence-corrected chi connectivity index (χ0v) is 14.2. The largest absolute Gasteiger partial charge is 0.435 e. The number of fused-ring (bicyclic) bond motifs is 1. The molecule has 1 aromatic heterocycles. The fourth-order valence-corrected chi connectivity index (χ4v) is 4.07. The van der Waals surface area contributed by atoms with Crippen molar-refractivity contribution in [1.29, 1.82) is 0 Å². The second-order valence-electron chi connectivity index (χ2n) is 5.91. The van der Waals surface area contributed by atoms with E-state index in [0.29, 0.717) is 4.88 Å². The molecule has 1 unspecified atom stereocenters. The van der Waals surface area contributed by atoms with E-state index in [1.54, 1.807) is 23.5 Å². The van der Waals surface area contributed by atoms with Crippen molar-refractivity contribution >= 4 is 17.2 Å². The van der Waals surface area contributed by atoms with Gasteiger partial charge in [0, 0.05) is 4.88 Å². The van der Waals surface area contributed by atoms with Crippen LogP contribution in [0.4, 0.5) is 8.78 Å². The van der Waals surface area contributed by atoms with Gasteiger partial charge in [0.25, 0.3) is 5.91 Å². The molecule has 3 nitrogen and oxygen atoms in total. The van der Waals surface area contributed by atoms with Gasteiger partial charge in [0.15, 0.2) is 0 Å². The minimum atomic E-state index is -2.86. The first-order valence-corrected chi connectivity index (χ1v) is 8.82. The monoisotopic (exact) mass is 351 g/mol. The summed E-state index contributed by atoms with van der Waals surface area (Å²) in [6, 6.07) is 8.10. The summed E-state index contributed by atoms with van der Waals surface area (Å²) in [5, 5.41) is 2.93. The molecule has 0 saturated heterocycles. The normalized spacial score (nSPS) is 15.0. The number of hydrogen-bond donors (Lipinski definition) is 1. The summed E-state index contributed by atoms with van der Waals surface area (Å²) >= 11 is 1.56. The lowest BCUT2D eigenvalue weighted by molar-refractivity contribution is -0.0499. The van der Waals surface area contributed by atoms with Crippen molar-refractivity contribution < 1.29 is 18.3 Å². The SMILES string of the molecule is CC(NC(=O)c1cc2c(s1)CCCC2)c1cccc(OC(F)F)c1. The standard InChI is InChI=1S/C18H19F2NO2S/c1-11(12-6-4-7-14(9-12)23-18(19)20)21-17(22)16-10-13-5-2-3-8-15(13)24-16/h4,6-7,9-11,18H,2-3,5,8H2,1H3,(H,21,22). The first-order valence-electron chi connectivity index (χ1n) is 8.00. The summed E-state index contributed by atoms with van der Waals surface area (Å²) < 4.78 is 29.0. The Morgan fingerprint density at radius 3 is 2.79 bits per heavy atom. The molecule has 2 aromatic rings.